The molecule has 3 aliphatic rings. The number of anilines is 1. The van der Waals surface area contributed by atoms with Gasteiger partial charge in [-0.05, 0) is 74.2 Å². The number of fused-ring (bicyclic) bond motifs is 3. The van der Waals surface area contributed by atoms with Gasteiger partial charge < -0.3 is 15.4 Å². The summed E-state index contributed by atoms with van der Waals surface area (Å²) in [5.74, 6) is 0.291. The predicted molar refractivity (Wildman–Crippen MR) is 117 cm³/mol. The van der Waals surface area contributed by atoms with Crippen molar-refractivity contribution in [1.29, 1.82) is 4.78 Å². The van der Waals surface area contributed by atoms with Crippen LogP contribution in [0.5, 0.6) is 5.88 Å². The number of carbonyl (C=O) groups excluding carboxylic acids is 1. The van der Waals surface area contributed by atoms with Crippen molar-refractivity contribution in [3.8, 4) is 5.88 Å². The highest BCUT2D eigenvalue weighted by molar-refractivity contribution is 7.91. The second kappa shape index (κ2) is 7.83. The predicted octanol–water partition coefficient (Wildman–Crippen LogP) is 2.37. The SMILES string of the molecule is CN[C@H]1CCOc2c(S(=N)(=O)NC(=O)Nc3c4c(cc5c3CCC5)CCC4)cnn2C1. The summed E-state index contributed by atoms with van der Waals surface area (Å²) >= 11 is 0. The van der Waals surface area contributed by atoms with Crippen molar-refractivity contribution in [1.82, 2.24) is 19.8 Å². The molecular formula is C21H28N6O3S. The molecule has 0 saturated carbocycles. The van der Waals surface area contributed by atoms with Gasteiger partial charge in [-0.1, -0.05) is 6.07 Å². The van der Waals surface area contributed by atoms with Gasteiger partial charge in [0, 0.05) is 11.7 Å². The maximum atomic E-state index is 13.2. The fourth-order valence-electron chi connectivity index (χ4n) is 4.96. The Morgan fingerprint density at radius 1 is 1.23 bits per heavy atom. The Balaban J connectivity index is 1.38. The van der Waals surface area contributed by atoms with Crippen molar-refractivity contribution in [2.75, 3.05) is 19.0 Å². The summed E-state index contributed by atoms with van der Waals surface area (Å²) in [6, 6.07) is 1.84. The fraction of sp³-hybridized carbons (Fsp3) is 0.524. The molecular weight excluding hydrogens is 416 g/mol. The Labute approximate surface area is 182 Å². The van der Waals surface area contributed by atoms with Crippen molar-refractivity contribution >= 4 is 21.6 Å². The second-order valence-corrected chi connectivity index (χ2v) is 10.2. The van der Waals surface area contributed by atoms with Crippen LogP contribution in [0.25, 0.3) is 0 Å². The van der Waals surface area contributed by atoms with Crippen molar-refractivity contribution in [2.45, 2.75) is 62.4 Å². The highest BCUT2D eigenvalue weighted by Crippen LogP contribution is 2.38. The quantitative estimate of drug-likeness (QED) is 0.577. The first-order chi connectivity index (χ1) is 15.0. The van der Waals surface area contributed by atoms with E-state index in [1.807, 2.05) is 7.05 Å². The summed E-state index contributed by atoms with van der Waals surface area (Å²) in [6.45, 7) is 0.976. The summed E-state index contributed by atoms with van der Waals surface area (Å²) < 4.78 is 31.3. The number of amides is 2. The van der Waals surface area contributed by atoms with E-state index < -0.39 is 15.9 Å². The van der Waals surface area contributed by atoms with Gasteiger partial charge in [0.1, 0.15) is 4.90 Å². The highest BCUT2D eigenvalue weighted by atomic mass is 32.2. The van der Waals surface area contributed by atoms with Crippen molar-refractivity contribution in [3.05, 3.63) is 34.5 Å². The van der Waals surface area contributed by atoms with E-state index >= 15 is 0 Å². The van der Waals surface area contributed by atoms with Crippen LogP contribution < -0.4 is 20.1 Å². The molecule has 166 valence electrons. The summed E-state index contributed by atoms with van der Waals surface area (Å²) in [6.07, 6.45) is 8.23. The number of aromatic nitrogens is 2. The normalized spacial score (nSPS) is 21.3. The number of hydrogen-bond acceptors (Lipinski definition) is 6. The molecule has 2 amide bonds. The van der Waals surface area contributed by atoms with Crippen LogP contribution in [-0.2, 0) is 42.1 Å². The van der Waals surface area contributed by atoms with Gasteiger partial charge in [-0.3, -0.25) is 0 Å². The monoisotopic (exact) mass is 444 g/mol. The van der Waals surface area contributed by atoms with E-state index in [-0.39, 0.29) is 10.9 Å². The lowest BCUT2D eigenvalue weighted by Gasteiger charge is -2.17. The van der Waals surface area contributed by atoms with Crippen molar-refractivity contribution in [3.63, 3.8) is 0 Å². The summed E-state index contributed by atoms with van der Waals surface area (Å²) in [4.78, 5) is 13.0. The molecule has 1 unspecified atom stereocenters. The Bertz CT molecular complexity index is 1110. The number of likely N-dealkylation sites (N-methyl/N-ethyl adjacent to an activating group) is 1. The zero-order valence-electron chi connectivity index (χ0n) is 17.6. The smallest absolute Gasteiger partial charge is 0.331 e. The molecule has 31 heavy (non-hydrogen) atoms. The topological polar surface area (TPSA) is 121 Å². The minimum absolute atomic E-state index is 0.0999. The molecule has 10 heteroatoms. The third-order valence-corrected chi connectivity index (χ3v) is 7.90. The van der Waals surface area contributed by atoms with Gasteiger partial charge in [0.15, 0.2) is 9.92 Å². The number of urea groups is 1. The maximum Gasteiger partial charge on any atom is 0.331 e. The minimum Gasteiger partial charge on any atom is -0.477 e. The standard InChI is InChI=1S/C21H28N6O3S/c1-23-15-8-9-30-20-18(11-24-27(20)12-15)31(22,29)26-21(28)25-19-16-6-2-4-13(16)10-14-5-3-7-17(14)19/h10-11,15,23H,2-9,12H2,1H3,(H3,22,25,26,28,29)/t15-,31?/m0/s1. The molecule has 4 N–H and O–H groups in total. The maximum absolute atomic E-state index is 13.2. The Kier molecular flexibility index (Phi) is 5.13. The highest BCUT2D eigenvalue weighted by Gasteiger charge is 2.29. The molecule has 1 aliphatic heterocycles. The first-order valence-corrected chi connectivity index (χ1v) is 12.4. The molecule has 0 radical (unpaired) electrons. The summed E-state index contributed by atoms with van der Waals surface area (Å²) in [7, 11) is -1.77. The van der Waals surface area contributed by atoms with Crippen LogP contribution in [0, 0.1) is 4.78 Å². The number of carbonyl (C=O) groups is 1. The minimum atomic E-state index is -3.64. The number of benzene rings is 1. The van der Waals surface area contributed by atoms with Crippen LogP contribution >= 0.6 is 0 Å². The fourth-order valence-corrected chi connectivity index (χ4v) is 5.98. The summed E-state index contributed by atoms with van der Waals surface area (Å²) in [5, 5.41) is 10.4. The molecule has 1 aromatic heterocycles. The molecule has 1 aromatic carbocycles. The van der Waals surface area contributed by atoms with Gasteiger partial charge in [0.25, 0.3) is 0 Å². The van der Waals surface area contributed by atoms with Gasteiger partial charge in [0.2, 0.25) is 5.88 Å². The van der Waals surface area contributed by atoms with Gasteiger partial charge in [-0.15, -0.1) is 0 Å². The zero-order valence-corrected chi connectivity index (χ0v) is 18.4. The molecule has 0 fully saturated rings. The molecule has 2 aromatic rings. The van der Waals surface area contributed by atoms with Crippen LogP contribution in [-0.4, -0.2) is 39.7 Å². The molecule has 2 heterocycles. The molecule has 5 rings (SSSR count). The average molecular weight is 445 g/mol. The van der Waals surface area contributed by atoms with Crippen LogP contribution in [0.1, 0.15) is 41.5 Å². The van der Waals surface area contributed by atoms with Crippen molar-refractivity contribution < 1.29 is 13.7 Å². The van der Waals surface area contributed by atoms with Gasteiger partial charge in [-0.2, -0.15) is 5.10 Å². The number of rotatable bonds is 4. The lowest BCUT2D eigenvalue weighted by atomic mass is 9.99. The van der Waals surface area contributed by atoms with Crippen LogP contribution in [0.4, 0.5) is 10.5 Å². The first-order valence-electron chi connectivity index (χ1n) is 10.9. The summed E-state index contributed by atoms with van der Waals surface area (Å²) in [5.41, 5.74) is 5.84. The Morgan fingerprint density at radius 3 is 2.61 bits per heavy atom. The average Bonchev–Trinajstić information content (AvgIpc) is 3.44. The molecule has 0 saturated heterocycles. The Hall–Kier alpha value is -2.59. The number of hydrogen-bond donors (Lipinski definition) is 4. The van der Waals surface area contributed by atoms with E-state index in [9.17, 15) is 9.00 Å². The first kappa shape index (κ1) is 20.3. The van der Waals surface area contributed by atoms with Gasteiger partial charge in [-0.25, -0.2) is 23.2 Å². The van der Waals surface area contributed by atoms with E-state index in [4.69, 9.17) is 9.52 Å². The Morgan fingerprint density at radius 2 is 1.94 bits per heavy atom. The number of aryl methyl sites for hydroxylation is 2. The molecule has 0 spiro atoms. The second-order valence-electron chi connectivity index (χ2n) is 8.47. The van der Waals surface area contributed by atoms with Crippen LogP contribution in [0.2, 0.25) is 0 Å². The number of ether oxygens (including phenoxy) is 1. The van der Waals surface area contributed by atoms with Crippen LogP contribution in [0.15, 0.2) is 17.2 Å². The lowest BCUT2D eigenvalue weighted by molar-refractivity contribution is 0.256. The molecule has 2 aliphatic carbocycles. The van der Waals surface area contributed by atoms with Gasteiger partial charge in [0.05, 0.1) is 19.3 Å². The van der Waals surface area contributed by atoms with Gasteiger partial charge >= 0.3 is 6.03 Å². The third kappa shape index (κ3) is 3.67. The van der Waals surface area contributed by atoms with E-state index in [1.54, 1.807) is 4.68 Å². The largest absolute Gasteiger partial charge is 0.477 e. The number of nitrogens with one attached hydrogen (secondary N) is 4. The zero-order chi connectivity index (χ0) is 21.6. The number of nitrogens with zero attached hydrogens (tertiary/aromatic N) is 2. The van der Waals surface area contributed by atoms with E-state index in [1.165, 1.54) is 28.5 Å². The van der Waals surface area contributed by atoms with Crippen LogP contribution in [0.3, 0.4) is 0 Å². The third-order valence-electron chi connectivity index (χ3n) is 6.52. The molecule has 9 nitrogen and oxygen atoms in total. The van der Waals surface area contributed by atoms with E-state index in [0.717, 1.165) is 50.6 Å². The van der Waals surface area contributed by atoms with E-state index in [0.29, 0.717) is 19.0 Å². The van der Waals surface area contributed by atoms with Crippen molar-refractivity contribution in [2.24, 2.45) is 0 Å². The molecule has 2 atom stereocenters. The van der Waals surface area contributed by atoms with E-state index in [2.05, 4.69) is 26.5 Å². The molecule has 0 bridgehead atoms. The lowest BCUT2D eigenvalue weighted by Crippen LogP contribution is -2.34.